The summed E-state index contributed by atoms with van der Waals surface area (Å²) in [6.07, 6.45) is 0. The van der Waals surface area contributed by atoms with Crippen LogP contribution in [0.3, 0.4) is 0 Å². The Morgan fingerprint density at radius 2 is 2.35 bits per heavy atom. The molecule has 0 saturated carbocycles. The van der Waals surface area contributed by atoms with Crippen molar-refractivity contribution in [3.8, 4) is 0 Å². The molecular weight excluding hydrogens is 234 g/mol. The number of hydrogen-bond acceptors (Lipinski definition) is 4. The van der Waals surface area contributed by atoms with E-state index < -0.39 is 0 Å². The minimum absolute atomic E-state index is 0.120. The standard InChI is InChI=1S/C12H13N3OS/c1-8-11(17-7-15-8)6-14-12(16)9-3-2-4-10(13)5-9/h2-5,7H,6,13H2,1H3,(H,14,16). The molecule has 0 fully saturated rings. The van der Waals surface area contributed by atoms with Crippen molar-refractivity contribution < 1.29 is 4.79 Å². The molecule has 88 valence electrons. The molecule has 17 heavy (non-hydrogen) atoms. The van der Waals surface area contributed by atoms with Crippen molar-refractivity contribution in [1.29, 1.82) is 0 Å². The minimum Gasteiger partial charge on any atom is -0.399 e. The Bertz CT molecular complexity index is 536. The molecule has 0 spiro atoms. The van der Waals surface area contributed by atoms with Crippen LogP contribution in [0, 0.1) is 6.92 Å². The monoisotopic (exact) mass is 247 g/mol. The lowest BCUT2D eigenvalue weighted by Gasteiger charge is -2.04. The third-order valence-electron chi connectivity index (χ3n) is 2.40. The fourth-order valence-corrected chi connectivity index (χ4v) is 2.16. The van der Waals surface area contributed by atoms with Crippen molar-refractivity contribution in [1.82, 2.24) is 10.3 Å². The van der Waals surface area contributed by atoms with E-state index in [4.69, 9.17) is 5.73 Å². The van der Waals surface area contributed by atoms with Gasteiger partial charge in [0.25, 0.3) is 5.91 Å². The molecule has 0 atom stereocenters. The van der Waals surface area contributed by atoms with E-state index in [1.165, 1.54) is 11.3 Å². The second-order valence-electron chi connectivity index (χ2n) is 3.67. The number of nitrogens with zero attached hydrogens (tertiary/aromatic N) is 1. The van der Waals surface area contributed by atoms with Crippen molar-refractivity contribution in [2.75, 3.05) is 5.73 Å². The number of hydrogen-bond donors (Lipinski definition) is 2. The van der Waals surface area contributed by atoms with Gasteiger partial charge in [-0.1, -0.05) is 6.07 Å². The van der Waals surface area contributed by atoms with E-state index in [1.54, 1.807) is 29.8 Å². The van der Waals surface area contributed by atoms with Gasteiger partial charge in [0.05, 0.1) is 17.7 Å². The van der Waals surface area contributed by atoms with Gasteiger partial charge in [0.15, 0.2) is 0 Å². The molecule has 1 aromatic carbocycles. The SMILES string of the molecule is Cc1ncsc1CNC(=O)c1cccc(N)c1. The number of benzene rings is 1. The largest absolute Gasteiger partial charge is 0.399 e. The summed E-state index contributed by atoms with van der Waals surface area (Å²) in [5.74, 6) is -0.120. The molecule has 2 rings (SSSR count). The third kappa shape index (κ3) is 2.82. The van der Waals surface area contributed by atoms with Crippen molar-refractivity contribution >= 4 is 22.9 Å². The van der Waals surface area contributed by atoms with Gasteiger partial charge in [-0.15, -0.1) is 11.3 Å². The first kappa shape index (κ1) is 11.6. The second kappa shape index (κ2) is 4.97. The molecule has 0 bridgehead atoms. The average molecular weight is 247 g/mol. The molecule has 1 heterocycles. The van der Waals surface area contributed by atoms with Crippen LogP contribution in [0.5, 0.6) is 0 Å². The Balaban J connectivity index is 2.01. The molecule has 0 aliphatic heterocycles. The summed E-state index contributed by atoms with van der Waals surface area (Å²) in [6, 6.07) is 6.92. The molecule has 0 saturated heterocycles. The molecule has 0 aliphatic carbocycles. The molecular formula is C12H13N3OS. The van der Waals surface area contributed by atoms with Crippen molar-refractivity contribution in [2.45, 2.75) is 13.5 Å². The van der Waals surface area contributed by atoms with Crippen LogP contribution >= 0.6 is 11.3 Å². The highest BCUT2D eigenvalue weighted by molar-refractivity contribution is 7.09. The van der Waals surface area contributed by atoms with Gasteiger partial charge in [-0.25, -0.2) is 4.98 Å². The van der Waals surface area contributed by atoms with Gasteiger partial charge >= 0.3 is 0 Å². The second-order valence-corrected chi connectivity index (χ2v) is 4.61. The number of aromatic nitrogens is 1. The third-order valence-corrected chi connectivity index (χ3v) is 3.34. The number of carbonyl (C=O) groups is 1. The fourth-order valence-electron chi connectivity index (χ4n) is 1.44. The first-order chi connectivity index (χ1) is 8.16. The van der Waals surface area contributed by atoms with Crippen LogP contribution in [-0.2, 0) is 6.54 Å². The highest BCUT2D eigenvalue weighted by atomic mass is 32.1. The maximum atomic E-state index is 11.8. The van der Waals surface area contributed by atoms with Crippen LogP contribution in [0.1, 0.15) is 20.9 Å². The number of anilines is 1. The topological polar surface area (TPSA) is 68.0 Å². The van der Waals surface area contributed by atoms with E-state index in [2.05, 4.69) is 10.3 Å². The first-order valence-corrected chi connectivity index (χ1v) is 6.07. The molecule has 0 radical (unpaired) electrons. The molecule has 0 unspecified atom stereocenters. The lowest BCUT2D eigenvalue weighted by Crippen LogP contribution is -2.22. The summed E-state index contributed by atoms with van der Waals surface area (Å²) in [5, 5.41) is 2.85. The average Bonchev–Trinajstić information content (AvgIpc) is 2.72. The van der Waals surface area contributed by atoms with Crippen molar-refractivity contribution in [3.63, 3.8) is 0 Å². The lowest BCUT2D eigenvalue weighted by molar-refractivity contribution is 0.0951. The molecule has 1 aromatic heterocycles. The number of nitrogens with two attached hydrogens (primary N) is 1. The van der Waals surface area contributed by atoms with Crippen LogP contribution in [0.15, 0.2) is 29.8 Å². The van der Waals surface area contributed by atoms with Gasteiger partial charge in [-0.2, -0.15) is 0 Å². The van der Waals surface area contributed by atoms with Gasteiger partial charge in [0, 0.05) is 16.1 Å². The smallest absolute Gasteiger partial charge is 0.251 e. The molecule has 2 aromatic rings. The molecule has 5 heteroatoms. The maximum absolute atomic E-state index is 11.8. The highest BCUT2D eigenvalue weighted by Gasteiger charge is 2.07. The lowest BCUT2D eigenvalue weighted by atomic mass is 10.2. The minimum atomic E-state index is -0.120. The van der Waals surface area contributed by atoms with Crippen molar-refractivity contribution in [2.24, 2.45) is 0 Å². The maximum Gasteiger partial charge on any atom is 0.251 e. The number of nitrogens with one attached hydrogen (secondary N) is 1. The van der Waals surface area contributed by atoms with Gasteiger partial charge in [0.2, 0.25) is 0 Å². The summed E-state index contributed by atoms with van der Waals surface area (Å²) < 4.78 is 0. The van der Waals surface area contributed by atoms with E-state index in [0.717, 1.165) is 10.6 Å². The van der Waals surface area contributed by atoms with E-state index in [-0.39, 0.29) is 5.91 Å². The predicted octanol–water partition coefficient (Wildman–Crippen LogP) is 1.96. The zero-order valence-electron chi connectivity index (χ0n) is 9.43. The Morgan fingerprint density at radius 1 is 1.53 bits per heavy atom. The van der Waals surface area contributed by atoms with E-state index in [9.17, 15) is 4.79 Å². The van der Waals surface area contributed by atoms with Gasteiger partial charge in [0.1, 0.15) is 0 Å². The van der Waals surface area contributed by atoms with Crippen LogP contribution in [0.25, 0.3) is 0 Å². The summed E-state index contributed by atoms with van der Waals surface area (Å²) in [4.78, 5) is 17.0. The van der Waals surface area contributed by atoms with E-state index in [0.29, 0.717) is 17.8 Å². The zero-order valence-corrected chi connectivity index (χ0v) is 10.3. The van der Waals surface area contributed by atoms with Crippen molar-refractivity contribution in [3.05, 3.63) is 45.9 Å². The van der Waals surface area contributed by atoms with Crippen LogP contribution in [0.2, 0.25) is 0 Å². The first-order valence-electron chi connectivity index (χ1n) is 5.19. The highest BCUT2D eigenvalue weighted by Crippen LogP contribution is 2.12. The van der Waals surface area contributed by atoms with E-state index >= 15 is 0 Å². The summed E-state index contributed by atoms with van der Waals surface area (Å²) in [5.41, 5.74) is 9.52. The number of amides is 1. The molecule has 1 amide bonds. The Kier molecular flexibility index (Phi) is 3.39. The number of aryl methyl sites for hydroxylation is 1. The Labute approximate surface area is 103 Å². The van der Waals surface area contributed by atoms with Gasteiger partial charge < -0.3 is 11.1 Å². The molecule has 4 nitrogen and oxygen atoms in total. The Morgan fingerprint density at radius 3 is 3.00 bits per heavy atom. The van der Waals surface area contributed by atoms with Gasteiger partial charge in [-0.05, 0) is 25.1 Å². The van der Waals surface area contributed by atoms with E-state index in [1.807, 2.05) is 6.92 Å². The number of rotatable bonds is 3. The predicted molar refractivity (Wildman–Crippen MR) is 68.9 cm³/mol. The molecule has 3 N–H and O–H groups in total. The fraction of sp³-hybridized carbons (Fsp3) is 0.167. The normalized spacial score (nSPS) is 10.2. The molecule has 0 aliphatic rings. The number of nitrogen functional groups attached to an aromatic ring is 1. The number of carbonyl (C=O) groups excluding carboxylic acids is 1. The quantitative estimate of drug-likeness (QED) is 0.815. The van der Waals surface area contributed by atoms with Gasteiger partial charge in [-0.3, -0.25) is 4.79 Å². The number of thiazole rings is 1. The summed E-state index contributed by atoms with van der Waals surface area (Å²) in [7, 11) is 0. The van der Waals surface area contributed by atoms with Crippen LogP contribution in [0.4, 0.5) is 5.69 Å². The summed E-state index contributed by atoms with van der Waals surface area (Å²) >= 11 is 1.54. The van der Waals surface area contributed by atoms with Crippen LogP contribution < -0.4 is 11.1 Å². The van der Waals surface area contributed by atoms with Crippen LogP contribution in [-0.4, -0.2) is 10.9 Å². The summed E-state index contributed by atoms with van der Waals surface area (Å²) in [6.45, 7) is 2.43. The Hall–Kier alpha value is -1.88. The zero-order chi connectivity index (χ0) is 12.3.